The Bertz CT molecular complexity index is 1070. The van der Waals surface area contributed by atoms with Crippen molar-refractivity contribution in [2.24, 2.45) is 4.99 Å². The van der Waals surface area contributed by atoms with Gasteiger partial charge in [-0.15, -0.1) is 0 Å². The molecule has 0 aliphatic carbocycles. The number of guanidine groups is 1. The van der Waals surface area contributed by atoms with E-state index in [-0.39, 0.29) is 5.91 Å². The van der Waals surface area contributed by atoms with Crippen LogP contribution in [0, 0.1) is 6.92 Å². The molecule has 1 amide bonds. The van der Waals surface area contributed by atoms with Crippen LogP contribution in [0.15, 0.2) is 47.5 Å². The number of ether oxygens (including phenoxy) is 1. The minimum Gasteiger partial charge on any atom is -0.495 e. The predicted octanol–water partition coefficient (Wildman–Crippen LogP) is 3.07. The van der Waals surface area contributed by atoms with Gasteiger partial charge in [0.05, 0.1) is 23.8 Å². The fourth-order valence-corrected chi connectivity index (χ4v) is 3.48. The van der Waals surface area contributed by atoms with E-state index in [9.17, 15) is 4.79 Å². The van der Waals surface area contributed by atoms with Crippen LogP contribution in [0.25, 0.3) is 11.0 Å². The summed E-state index contributed by atoms with van der Waals surface area (Å²) < 4.78 is 7.55. The van der Waals surface area contributed by atoms with Crippen molar-refractivity contribution in [3.05, 3.63) is 53.9 Å². The number of aliphatic imine (C=N–C) groups is 1. The zero-order valence-electron chi connectivity index (χ0n) is 18.5. The Balaban J connectivity index is 1.51. The number of nitrogens with zero attached hydrogens (tertiary/aromatic N) is 3. The van der Waals surface area contributed by atoms with Gasteiger partial charge in [0.1, 0.15) is 11.6 Å². The molecule has 0 saturated heterocycles. The maximum atomic E-state index is 11.4. The summed E-state index contributed by atoms with van der Waals surface area (Å²) in [6.45, 7) is 5.75. The number of hydrogen-bond acceptors (Lipinski definition) is 4. The number of carbonyl (C=O) groups is 1. The van der Waals surface area contributed by atoms with Gasteiger partial charge >= 0.3 is 0 Å². The van der Waals surface area contributed by atoms with Gasteiger partial charge in [-0.2, -0.15) is 0 Å². The third-order valence-corrected chi connectivity index (χ3v) is 4.95. The molecule has 1 aromatic heterocycles. The van der Waals surface area contributed by atoms with Gasteiger partial charge in [0.25, 0.3) is 0 Å². The van der Waals surface area contributed by atoms with Crippen LogP contribution < -0.4 is 20.7 Å². The zero-order valence-corrected chi connectivity index (χ0v) is 18.5. The average Bonchev–Trinajstić information content (AvgIpc) is 3.08. The van der Waals surface area contributed by atoms with Crippen LogP contribution in [0.1, 0.15) is 24.7 Å². The number of para-hydroxylation sites is 2. The summed E-state index contributed by atoms with van der Waals surface area (Å²) in [6.07, 6.45) is 0.942. The third-order valence-electron chi connectivity index (χ3n) is 4.95. The van der Waals surface area contributed by atoms with Crippen molar-refractivity contribution in [2.75, 3.05) is 26.0 Å². The SMILES string of the molecule is CN=C(NCCCn1c(C)nc2ccccc21)NCc1ccc(OC)c(NC(C)=O)c1. The highest BCUT2D eigenvalue weighted by Crippen LogP contribution is 2.25. The second-order valence-electron chi connectivity index (χ2n) is 7.22. The molecule has 0 unspecified atom stereocenters. The maximum Gasteiger partial charge on any atom is 0.221 e. The molecule has 0 atom stereocenters. The monoisotopic (exact) mass is 422 g/mol. The Kier molecular flexibility index (Phi) is 7.48. The van der Waals surface area contributed by atoms with E-state index in [4.69, 9.17) is 4.74 Å². The highest BCUT2D eigenvalue weighted by molar-refractivity contribution is 5.90. The van der Waals surface area contributed by atoms with E-state index in [1.54, 1.807) is 14.2 Å². The number of aryl methyl sites for hydroxylation is 2. The first-order chi connectivity index (χ1) is 15.0. The molecule has 0 radical (unpaired) electrons. The smallest absolute Gasteiger partial charge is 0.221 e. The number of rotatable bonds is 8. The lowest BCUT2D eigenvalue weighted by molar-refractivity contribution is -0.114. The number of methoxy groups -OCH3 is 1. The van der Waals surface area contributed by atoms with Gasteiger partial charge in [0.15, 0.2) is 5.96 Å². The van der Waals surface area contributed by atoms with E-state index in [1.807, 2.05) is 43.3 Å². The summed E-state index contributed by atoms with van der Waals surface area (Å²) >= 11 is 0. The average molecular weight is 423 g/mol. The van der Waals surface area contributed by atoms with Crippen LogP contribution >= 0.6 is 0 Å². The summed E-state index contributed by atoms with van der Waals surface area (Å²) in [5, 5.41) is 9.45. The molecule has 8 nitrogen and oxygen atoms in total. The van der Waals surface area contributed by atoms with Crippen molar-refractivity contribution in [1.29, 1.82) is 0 Å². The molecule has 31 heavy (non-hydrogen) atoms. The molecule has 2 aromatic carbocycles. The first-order valence-electron chi connectivity index (χ1n) is 10.3. The molecular formula is C23H30N6O2. The van der Waals surface area contributed by atoms with Crippen LogP contribution in [0.3, 0.4) is 0 Å². The molecule has 1 heterocycles. The minimum absolute atomic E-state index is 0.137. The minimum atomic E-state index is -0.137. The topological polar surface area (TPSA) is 92.6 Å². The summed E-state index contributed by atoms with van der Waals surface area (Å²) in [5.74, 6) is 2.24. The molecule has 3 aromatic rings. The number of aromatic nitrogens is 2. The van der Waals surface area contributed by atoms with Gasteiger partial charge in [0.2, 0.25) is 5.91 Å². The Morgan fingerprint density at radius 3 is 2.74 bits per heavy atom. The van der Waals surface area contributed by atoms with E-state index >= 15 is 0 Å². The number of hydrogen-bond donors (Lipinski definition) is 3. The fourth-order valence-electron chi connectivity index (χ4n) is 3.48. The van der Waals surface area contributed by atoms with Crippen molar-refractivity contribution in [3.63, 3.8) is 0 Å². The van der Waals surface area contributed by atoms with Crippen molar-refractivity contribution in [2.45, 2.75) is 33.4 Å². The predicted molar refractivity (Wildman–Crippen MR) is 125 cm³/mol. The third kappa shape index (κ3) is 5.75. The molecule has 0 saturated carbocycles. The van der Waals surface area contributed by atoms with Gasteiger partial charge in [-0.25, -0.2) is 4.98 Å². The highest BCUT2D eigenvalue weighted by atomic mass is 16.5. The second kappa shape index (κ2) is 10.5. The second-order valence-corrected chi connectivity index (χ2v) is 7.22. The van der Waals surface area contributed by atoms with Crippen LogP contribution in [0.5, 0.6) is 5.75 Å². The summed E-state index contributed by atoms with van der Waals surface area (Å²) in [5.41, 5.74) is 3.86. The van der Waals surface area contributed by atoms with E-state index < -0.39 is 0 Å². The quantitative estimate of drug-likeness (QED) is 0.295. The van der Waals surface area contributed by atoms with Crippen molar-refractivity contribution < 1.29 is 9.53 Å². The van der Waals surface area contributed by atoms with Gasteiger partial charge in [-0.1, -0.05) is 18.2 Å². The molecule has 0 fully saturated rings. The van der Waals surface area contributed by atoms with Crippen LogP contribution in [0.2, 0.25) is 0 Å². The highest BCUT2D eigenvalue weighted by Gasteiger charge is 2.08. The number of fused-ring (bicyclic) bond motifs is 1. The first-order valence-corrected chi connectivity index (χ1v) is 10.3. The van der Waals surface area contributed by atoms with Crippen LogP contribution in [0.4, 0.5) is 5.69 Å². The Morgan fingerprint density at radius 2 is 2.00 bits per heavy atom. The van der Waals surface area contributed by atoms with Crippen molar-refractivity contribution >= 4 is 28.6 Å². The normalized spacial score (nSPS) is 11.4. The first kappa shape index (κ1) is 22.1. The fraction of sp³-hybridized carbons (Fsp3) is 0.348. The van der Waals surface area contributed by atoms with Gasteiger partial charge in [0, 0.05) is 33.6 Å². The maximum absolute atomic E-state index is 11.4. The zero-order chi connectivity index (χ0) is 22.2. The Labute approximate surface area is 182 Å². The number of benzene rings is 2. The molecule has 3 rings (SSSR count). The number of nitrogens with one attached hydrogen (secondary N) is 3. The Morgan fingerprint density at radius 1 is 1.19 bits per heavy atom. The van der Waals surface area contributed by atoms with Crippen molar-refractivity contribution in [1.82, 2.24) is 20.2 Å². The van der Waals surface area contributed by atoms with Gasteiger partial charge < -0.3 is 25.3 Å². The van der Waals surface area contributed by atoms with Crippen LogP contribution in [-0.2, 0) is 17.9 Å². The lowest BCUT2D eigenvalue weighted by atomic mass is 10.2. The van der Waals surface area contributed by atoms with Gasteiger partial charge in [-0.05, 0) is 43.2 Å². The lowest BCUT2D eigenvalue weighted by Crippen LogP contribution is -2.37. The lowest BCUT2D eigenvalue weighted by Gasteiger charge is -2.14. The van der Waals surface area contributed by atoms with Crippen molar-refractivity contribution in [3.8, 4) is 5.75 Å². The summed E-state index contributed by atoms with van der Waals surface area (Å²) in [7, 11) is 3.33. The standard InChI is InChI=1S/C23H30N6O2/c1-16-27-19-8-5-6-9-21(19)29(16)13-7-12-25-23(24-3)26-15-18-10-11-22(31-4)20(14-18)28-17(2)30/h5-6,8-11,14H,7,12-13,15H2,1-4H3,(H,28,30)(H2,24,25,26). The summed E-state index contributed by atoms with van der Waals surface area (Å²) in [4.78, 5) is 20.3. The van der Waals surface area contributed by atoms with Gasteiger partial charge in [-0.3, -0.25) is 9.79 Å². The molecule has 8 heteroatoms. The number of anilines is 1. The largest absolute Gasteiger partial charge is 0.495 e. The number of amides is 1. The Hall–Kier alpha value is -3.55. The molecule has 164 valence electrons. The van der Waals surface area contributed by atoms with E-state index in [1.165, 1.54) is 6.92 Å². The molecule has 0 bridgehead atoms. The van der Waals surface area contributed by atoms with E-state index in [2.05, 4.69) is 36.6 Å². The van der Waals surface area contributed by atoms with E-state index in [0.717, 1.165) is 47.9 Å². The number of carbonyl (C=O) groups excluding carboxylic acids is 1. The van der Waals surface area contributed by atoms with Crippen LogP contribution in [-0.4, -0.2) is 42.1 Å². The molecule has 0 aliphatic heterocycles. The molecule has 0 aliphatic rings. The van der Waals surface area contributed by atoms with E-state index in [0.29, 0.717) is 18.0 Å². The molecular weight excluding hydrogens is 392 g/mol. The molecule has 3 N–H and O–H groups in total. The molecule has 0 spiro atoms. The number of imidazole rings is 1. The summed E-state index contributed by atoms with van der Waals surface area (Å²) in [6, 6.07) is 13.9.